The molecule has 2 fully saturated rings. The Morgan fingerprint density at radius 1 is 1.37 bits per heavy atom. The van der Waals surface area contributed by atoms with E-state index in [4.69, 9.17) is 26.4 Å². The maximum atomic E-state index is 8.52. The zero-order chi connectivity index (χ0) is 19.4. The summed E-state index contributed by atoms with van der Waals surface area (Å²) in [4.78, 5) is 6.42. The van der Waals surface area contributed by atoms with Crippen molar-refractivity contribution in [2.75, 3.05) is 39.1 Å². The van der Waals surface area contributed by atoms with Crippen LogP contribution >= 0.6 is 0 Å². The fourth-order valence-electron chi connectivity index (χ4n) is 3.19. The van der Waals surface area contributed by atoms with E-state index in [0.29, 0.717) is 30.2 Å². The van der Waals surface area contributed by atoms with Crippen LogP contribution in [0.2, 0.25) is 0 Å². The molecule has 7 heteroatoms. The minimum absolute atomic E-state index is 0.0463. The first-order chi connectivity index (χ1) is 13.0. The molecule has 3 rings (SSSR count). The number of morpholine rings is 1. The molecule has 0 radical (unpaired) electrons. The van der Waals surface area contributed by atoms with Crippen LogP contribution in [-0.4, -0.2) is 55.4 Å². The largest absolute Gasteiger partial charge is 0.487 e. The molecule has 0 amide bonds. The fraction of sp³-hybridized carbons (Fsp3) is 0.500. The first kappa shape index (κ1) is 19.2. The summed E-state index contributed by atoms with van der Waals surface area (Å²) in [5.41, 5.74) is 13.9. The zero-order valence-electron chi connectivity index (χ0n) is 16.1. The van der Waals surface area contributed by atoms with Crippen LogP contribution < -0.4 is 16.2 Å². The molecule has 5 N–H and O–H groups in total. The van der Waals surface area contributed by atoms with Crippen molar-refractivity contribution in [3.05, 3.63) is 35.5 Å². The van der Waals surface area contributed by atoms with Crippen LogP contribution in [0.3, 0.4) is 0 Å². The lowest BCUT2D eigenvalue weighted by molar-refractivity contribution is 0.0684. The normalized spacial score (nSPS) is 19.7. The van der Waals surface area contributed by atoms with Crippen LogP contribution in [0, 0.1) is 5.41 Å². The molecule has 0 aromatic heterocycles. The SMILES string of the molecule is CCC1(Oc2ccc(N)c(C(=N)C(N)=CC(=NC)N3CCOCC3)c2)CC1. The molecule has 146 valence electrons. The molecule has 1 saturated carbocycles. The Bertz CT molecular complexity index is 762. The van der Waals surface area contributed by atoms with E-state index in [2.05, 4.69) is 16.8 Å². The molecule has 1 heterocycles. The lowest BCUT2D eigenvalue weighted by atomic mass is 10.0. The lowest BCUT2D eigenvalue weighted by Crippen LogP contribution is -2.40. The first-order valence-electron chi connectivity index (χ1n) is 9.42. The second-order valence-corrected chi connectivity index (χ2v) is 7.04. The molecule has 0 atom stereocenters. The average Bonchev–Trinajstić information content (AvgIpc) is 3.47. The highest BCUT2D eigenvalue weighted by Crippen LogP contribution is 2.43. The minimum atomic E-state index is -0.0463. The number of anilines is 1. The molecule has 7 nitrogen and oxygen atoms in total. The van der Waals surface area contributed by atoms with Gasteiger partial charge in [-0.15, -0.1) is 0 Å². The molecule has 0 spiro atoms. The van der Waals surface area contributed by atoms with E-state index in [-0.39, 0.29) is 11.3 Å². The Morgan fingerprint density at radius 3 is 2.67 bits per heavy atom. The third-order valence-corrected chi connectivity index (χ3v) is 5.22. The molecular weight excluding hydrogens is 342 g/mol. The number of hydrogen-bond donors (Lipinski definition) is 3. The van der Waals surface area contributed by atoms with Crippen molar-refractivity contribution < 1.29 is 9.47 Å². The average molecular weight is 371 g/mol. The van der Waals surface area contributed by atoms with Gasteiger partial charge in [-0.2, -0.15) is 0 Å². The van der Waals surface area contributed by atoms with Gasteiger partial charge in [0.25, 0.3) is 0 Å². The number of nitrogens with one attached hydrogen (secondary N) is 1. The smallest absolute Gasteiger partial charge is 0.125 e. The number of nitrogens with two attached hydrogens (primary N) is 2. The molecular formula is C20H29N5O2. The Morgan fingerprint density at radius 2 is 2.07 bits per heavy atom. The van der Waals surface area contributed by atoms with Crippen LogP contribution in [0.5, 0.6) is 5.75 Å². The summed E-state index contributed by atoms with van der Waals surface area (Å²) in [6, 6.07) is 5.44. The number of aliphatic imine (C=N–C) groups is 1. The Kier molecular flexibility index (Phi) is 5.70. The maximum absolute atomic E-state index is 8.52. The number of hydrogen-bond acceptors (Lipinski definition) is 6. The van der Waals surface area contributed by atoms with Crippen LogP contribution in [-0.2, 0) is 4.74 Å². The van der Waals surface area contributed by atoms with Gasteiger partial charge in [-0.3, -0.25) is 10.4 Å². The topological polar surface area (TPSA) is 110 Å². The number of nitrogens with zero attached hydrogens (tertiary/aromatic N) is 2. The lowest BCUT2D eigenvalue weighted by Gasteiger charge is -2.28. The third-order valence-electron chi connectivity index (χ3n) is 5.22. The summed E-state index contributed by atoms with van der Waals surface area (Å²) in [6.07, 6.45) is 4.84. The van der Waals surface area contributed by atoms with Crippen molar-refractivity contribution in [1.29, 1.82) is 5.41 Å². The van der Waals surface area contributed by atoms with Gasteiger partial charge in [-0.25, -0.2) is 0 Å². The van der Waals surface area contributed by atoms with Crippen molar-refractivity contribution in [1.82, 2.24) is 4.90 Å². The summed E-state index contributed by atoms with van der Waals surface area (Å²) in [5, 5.41) is 8.52. The van der Waals surface area contributed by atoms with E-state index in [1.54, 1.807) is 19.2 Å². The number of nitrogen functional groups attached to an aromatic ring is 1. The first-order valence-corrected chi connectivity index (χ1v) is 9.42. The van der Waals surface area contributed by atoms with Crippen molar-refractivity contribution in [3.8, 4) is 5.75 Å². The second kappa shape index (κ2) is 8.00. The molecule has 1 saturated heterocycles. The van der Waals surface area contributed by atoms with E-state index in [1.165, 1.54) is 0 Å². The van der Waals surface area contributed by atoms with Crippen LogP contribution in [0.1, 0.15) is 31.7 Å². The van der Waals surface area contributed by atoms with Crippen molar-refractivity contribution in [2.24, 2.45) is 10.7 Å². The zero-order valence-corrected chi connectivity index (χ0v) is 16.1. The Balaban J connectivity index is 1.79. The van der Waals surface area contributed by atoms with E-state index in [9.17, 15) is 0 Å². The number of allylic oxidation sites excluding steroid dienone is 1. The predicted molar refractivity (Wildman–Crippen MR) is 109 cm³/mol. The van der Waals surface area contributed by atoms with E-state index in [1.807, 2.05) is 12.1 Å². The van der Waals surface area contributed by atoms with Crippen molar-refractivity contribution in [2.45, 2.75) is 31.8 Å². The minimum Gasteiger partial charge on any atom is -0.487 e. The van der Waals surface area contributed by atoms with Crippen LogP contribution in [0.15, 0.2) is 35.0 Å². The van der Waals surface area contributed by atoms with Gasteiger partial charge in [-0.05, 0) is 37.5 Å². The maximum Gasteiger partial charge on any atom is 0.125 e. The summed E-state index contributed by atoms with van der Waals surface area (Å²) >= 11 is 0. The van der Waals surface area contributed by atoms with Gasteiger partial charge in [0.2, 0.25) is 0 Å². The number of ether oxygens (including phenoxy) is 2. The van der Waals surface area contributed by atoms with Gasteiger partial charge >= 0.3 is 0 Å². The molecule has 1 aliphatic heterocycles. The predicted octanol–water partition coefficient (Wildman–Crippen LogP) is 2.16. The van der Waals surface area contributed by atoms with Crippen molar-refractivity contribution in [3.63, 3.8) is 0 Å². The molecule has 27 heavy (non-hydrogen) atoms. The van der Waals surface area contributed by atoms with Crippen LogP contribution in [0.4, 0.5) is 5.69 Å². The highest BCUT2D eigenvalue weighted by molar-refractivity contribution is 6.15. The van der Waals surface area contributed by atoms with Gasteiger partial charge in [0.15, 0.2) is 0 Å². The van der Waals surface area contributed by atoms with Gasteiger partial charge in [0.05, 0.1) is 24.6 Å². The van der Waals surface area contributed by atoms with Crippen molar-refractivity contribution >= 4 is 17.2 Å². The van der Waals surface area contributed by atoms with Gasteiger partial charge in [0, 0.05) is 37.5 Å². The molecule has 1 aromatic carbocycles. The number of benzene rings is 1. The monoisotopic (exact) mass is 371 g/mol. The quantitative estimate of drug-likeness (QED) is 0.403. The molecule has 2 aliphatic rings. The van der Waals surface area contributed by atoms with E-state index >= 15 is 0 Å². The Hall–Kier alpha value is -2.54. The summed E-state index contributed by atoms with van der Waals surface area (Å²) in [6.45, 7) is 4.97. The Labute approximate surface area is 160 Å². The van der Waals surface area contributed by atoms with E-state index < -0.39 is 0 Å². The number of amidine groups is 1. The molecule has 0 unspecified atom stereocenters. The van der Waals surface area contributed by atoms with E-state index in [0.717, 1.165) is 43.9 Å². The standard InChI is InChI=1S/C20H29N5O2/c1-3-20(6-7-20)27-14-4-5-16(21)15(12-14)19(23)17(22)13-18(24-2)25-8-10-26-11-9-25/h4-5,12-13,23H,3,6-11,21-22H2,1-2H3. The summed E-state index contributed by atoms with van der Waals surface area (Å²) in [7, 11) is 1.72. The molecule has 0 bridgehead atoms. The highest BCUT2D eigenvalue weighted by Gasteiger charge is 2.43. The molecule has 1 aliphatic carbocycles. The summed E-state index contributed by atoms with van der Waals surface area (Å²) < 4.78 is 11.5. The second-order valence-electron chi connectivity index (χ2n) is 7.04. The highest BCUT2D eigenvalue weighted by atomic mass is 16.5. The third kappa shape index (κ3) is 4.42. The fourth-order valence-corrected chi connectivity index (χ4v) is 3.19. The molecule has 1 aromatic rings. The van der Waals surface area contributed by atoms with Crippen LogP contribution in [0.25, 0.3) is 0 Å². The summed E-state index contributed by atoms with van der Waals surface area (Å²) in [5.74, 6) is 1.48. The number of rotatable bonds is 6. The van der Waals surface area contributed by atoms with Gasteiger partial charge in [-0.1, -0.05) is 6.92 Å². The van der Waals surface area contributed by atoms with Gasteiger partial charge in [0.1, 0.15) is 17.2 Å². The van der Waals surface area contributed by atoms with Gasteiger partial charge < -0.3 is 25.8 Å².